The number of hydrogen-bond donors (Lipinski definition) is 2. The Labute approximate surface area is 141 Å². The summed E-state index contributed by atoms with van der Waals surface area (Å²) in [5.41, 5.74) is 3.85. The third kappa shape index (κ3) is 3.60. The molecule has 0 aliphatic heterocycles. The molecule has 2 N–H and O–H groups in total. The lowest BCUT2D eigenvalue weighted by Crippen LogP contribution is -2.38. The van der Waals surface area contributed by atoms with Crippen molar-refractivity contribution in [3.05, 3.63) is 70.2 Å². The second-order valence-corrected chi connectivity index (χ2v) is 6.35. The number of halogens is 1. The van der Waals surface area contributed by atoms with E-state index < -0.39 is 0 Å². The maximum atomic E-state index is 6.25. The fraction of sp³-hybridized carbons (Fsp3) is 0.278. The summed E-state index contributed by atoms with van der Waals surface area (Å²) in [4.78, 5) is 0. The Balaban J connectivity index is 1.50. The Morgan fingerprint density at radius 2 is 1.95 bits per heavy atom. The highest BCUT2D eigenvalue weighted by molar-refractivity contribution is 7.80. The lowest BCUT2D eigenvalue weighted by Gasteiger charge is -2.17. The molecule has 1 aliphatic carbocycles. The average Bonchev–Trinajstić information content (AvgIpc) is 2.93. The van der Waals surface area contributed by atoms with E-state index in [1.165, 1.54) is 16.7 Å². The van der Waals surface area contributed by atoms with Gasteiger partial charge in [0.05, 0.1) is 6.04 Å². The lowest BCUT2D eigenvalue weighted by atomic mass is 10.1. The molecule has 0 amide bonds. The summed E-state index contributed by atoms with van der Waals surface area (Å²) in [6.45, 7) is 0.838. The van der Waals surface area contributed by atoms with E-state index in [1.54, 1.807) is 0 Å². The molecule has 2 nitrogen and oxygen atoms in total. The number of rotatable bonds is 4. The Kier molecular flexibility index (Phi) is 4.96. The van der Waals surface area contributed by atoms with Crippen LogP contribution < -0.4 is 10.6 Å². The highest BCUT2D eigenvalue weighted by Gasteiger charge is 2.24. The van der Waals surface area contributed by atoms with Gasteiger partial charge < -0.3 is 10.6 Å². The lowest BCUT2D eigenvalue weighted by molar-refractivity contribution is 0.630. The van der Waals surface area contributed by atoms with E-state index in [9.17, 15) is 0 Å². The van der Waals surface area contributed by atoms with Crippen molar-refractivity contribution in [3.8, 4) is 0 Å². The zero-order chi connectivity index (χ0) is 15.4. The normalized spacial score (nSPS) is 16.1. The van der Waals surface area contributed by atoms with Gasteiger partial charge in [-0.3, -0.25) is 0 Å². The van der Waals surface area contributed by atoms with E-state index >= 15 is 0 Å². The molecule has 3 rings (SSSR count). The van der Waals surface area contributed by atoms with Crippen LogP contribution in [0, 0.1) is 0 Å². The summed E-state index contributed by atoms with van der Waals surface area (Å²) >= 11 is 11.7. The number of hydrogen-bond acceptors (Lipinski definition) is 1. The molecule has 0 saturated carbocycles. The Morgan fingerprint density at radius 3 is 2.77 bits per heavy atom. The first-order valence-electron chi connectivity index (χ1n) is 7.59. The van der Waals surface area contributed by atoms with Crippen LogP contribution in [0.25, 0.3) is 0 Å². The van der Waals surface area contributed by atoms with Crippen molar-refractivity contribution in [2.24, 2.45) is 0 Å². The molecule has 114 valence electrons. The first-order chi connectivity index (χ1) is 10.7. The fourth-order valence-electron chi connectivity index (χ4n) is 2.93. The first kappa shape index (κ1) is 15.3. The summed E-state index contributed by atoms with van der Waals surface area (Å²) in [6.07, 6.45) is 3.02. The van der Waals surface area contributed by atoms with Crippen molar-refractivity contribution in [2.45, 2.75) is 25.3 Å². The molecule has 2 aromatic carbocycles. The van der Waals surface area contributed by atoms with E-state index in [1.807, 2.05) is 18.2 Å². The zero-order valence-corrected chi connectivity index (χ0v) is 13.9. The SMILES string of the molecule is S=C(NCCc1ccccc1)N[C@@H]1CCc2c(Cl)cccc21. The van der Waals surface area contributed by atoms with Crippen LogP contribution in [-0.2, 0) is 12.8 Å². The molecule has 1 aliphatic rings. The Hall–Kier alpha value is -1.58. The van der Waals surface area contributed by atoms with Gasteiger partial charge in [0.25, 0.3) is 0 Å². The van der Waals surface area contributed by atoms with Gasteiger partial charge in [-0.1, -0.05) is 54.1 Å². The van der Waals surface area contributed by atoms with Crippen LogP contribution in [0.1, 0.15) is 29.2 Å². The van der Waals surface area contributed by atoms with Gasteiger partial charge in [-0.15, -0.1) is 0 Å². The van der Waals surface area contributed by atoms with Crippen molar-refractivity contribution >= 4 is 28.9 Å². The van der Waals surface area contributed by atoms with Crippen LogP contribution in [0.5, 0.6) is 0 Å². The van der Waals surface area contributed by atoms with E-state index in [4.69, 9.17) is 23.8 Å². The smallest absolute Gasteiger partial charge is 0.166 e. The van der Waals surface area contributed by atoms with Gasteiger partial charge in [-0.05, 0) is 54.2 Å². The summed E-state index contributed by atoms with van der Waals surface area (Å²) in [5.74, 6) is 0. The average molecular weight is 331 g/mol. The molecule has 2 aromatic rings. The zero-order valence-electron chi connectivity index (χ0n) is 12.3. The number of thiocarbonyl (C=S) groups is 1. The molecule has 0 fully saturated rings. The van der Waals surface area contributed by atoms with Crippen LogP contribution in [0.3, 0.4) is 0 Å². The molecule has 0 unspecified atom stereocenters. The fourth-order valence-corrected chi connectivity index (χ4v) is 3.45. The van der Waals surface area contributed by atoms with E-state index in [0.717, 1.165) is 30.8 Å². The Bertz CT molecular complexity index is 657. The molecular weight excluding hydrogens is 312 g/mol. The monoisotopic (exact) mass is 330 g/mol. The second-order valence-electron chi connectivity index (χ2n) is 5.53. The van der Waals surface area contributed by atoms with Crippen LogP contribution in [0.15, 0.2) is 48.5 Å². The van der Waals surface area contributed by atoms with Crippen molar-refractivity contribution < 1.29 is 0 Å². The van der Waals surface area contributed by atoms with Crippen LogP contribution in [-0.4, -0.2) is 11.7 Å². The van der Waals surface area contributed by atoms with E-state index in [-0.39, 0.29) is 6.04 Å². The summed E-state index contributed by atoms with van der Waals surface area (Å²) in [7, 11) is 0. The molecule has 1 atom stereocenters. The van der Waals surface area contributed by atoms with Crippen LogP contribution in [0.2, 0.25) is 5.02 Å². The minimum Gasteiger partial charge on any atom is -0.362 e. The van der Waals surface area contributed by atoms with Crippen molar-refractivity contribution in [2.75, 3.05) is 6.54 Å². The number of benzene rings is 2. The van der Waals surface area contributed by atoms with E-state index in [0.29, 0.717) is 5.11 Å². The largest absolute Gasteiger partial charge is 0.362 e. The third-order valence-corrected chi connectivity index (χ3v) is 4.68. The van der Waals surface area contributed by atoms with Crippen molar-refractivity contribution in [1.82, 2.24) is 10.6 Å². The maximum absolute atomic E-state index is 6.25. The summed E-state index contributed by atoms with van der Waals surface area (Å²) in [6, 6.07) is 16.8. The standard InChI is InChI=1S/C18H19ClN2S/c19-16-8-4-7-15-14(16)9-10-17(15)21-18(22)20-12-11-13-5-2-1-3-6-13/h1-8,17H,9-12H2,(H2,20,21,22)/t17-/m1/s1. The topological polar surface area (TPSA) is 24.1 Å². The van der Waals surface area contributed by atoms with Crippen molar-refractivity contribution in [3.63, 3.8) is 0 Å². The maximum Gasteiger partial charge on any atom is 0.166 e. The molecule has 0 saturated heterocycles. The van der Waals surface area contributed by atoms with Gasteiger partial charge in [0.1, 0.15) is 0 Å². The summed E-state index contributed by atoms with van der Waals surface area (Å²) < 4.78 is 0. The predicted octanol–water partition coefficient (Wildman–Crippen LogP) is 4.03. The van der Waals surface area contributed by atoms with Crippen molar-refractivity contribution in [1.29, 1.82) is 0 Å². The molecule has 0 heterocycles. The first-order valence-corrected chi connectivity index (χ1v) is 8.38. The molecule has 4 heteroatoms. The van der Waals surface area contributed by atoms with Crippen LogP contribution >= 0.6 is 23.8 Å². The molecule has 0 radical (unpaired) electrons. The minimum atomic E-state index is 0.269. The quantitative estimate of drug-likeness (QED) is 0.827. The summed E-state index contributed by atoms with van der Waals surface area (Å²) in [5, 5.41) is 8.28. The van der Waals surface area contributed by atoms with E-state index in [2.05, 4.69) is 41.0 Å². The molecule has 0 aromatic heterocycles. The number of nitrogens with one attached hydrogen (secondary N) is 2. The molecule has 0 bridgehead atoms. The molecular formula is C18H19ClN2S. The van der Waals surface area contributed by atoms with Gasteiger partial charge in [-0.25, -0.2) is 0 Å². The third-order valence-electron chi connectivity index (χ3n) is 4.06. The van der Waals surface area contributed by atoms with Gasteiger partial charge in [0.2, 0.25) is 0 Å². The van der Waals surface area contributed by atoms with Crippen LogP contribution in [0.4, 0.5) is 0 Å². The molecule has 22 heavy (non-hydrogen) atoms. The molecule has 0 spiro atoms. The van der Waals surface area contributed by atoms with Gasteiger partial charge >= 0.3 is 0 Å². The van der Waals surface area contributed by atoms with Gasteiger partial charge in [-0.2, -0.15) is 0 Å². The highest BCUT2D eigenvalue weighted by Crippen LogP contribution is 2.35. The predicted molar refractivity (Wildman–Crippen MR) is 96.4 cm³/mol. The van der Waals surface area contributed by atoms with Gasteiger partial charge in [0.15, 0.2) is 5.11 Å². The van der Waals surface area contributed by atoms with Gasteiger partial charge in [0, 0.05) is 11.6 Å². The minimum absolute atomic E-state index is 0.269. The second kappa shape index (κ2) is 7.12. The Morgan fingerprint density at radius 1 is 1.14 bits per heavy atom. The number of fused-ring (bicyclic) bond motifs is 1. The highest BCUT2D eigenvalue weighted by atomic mass is 35.5.